The number of halogens is 3. The van der Waals surface area contributed by atoms with Gasteiger partial charge in [-0.3, -0.25) is 9.59 Å². The summed E-state index contributed by atoms with van der Waals surface area (Å²) in [7, 11) is 0. The second-order valence-corrected chi connectivity index (χ2v) is 5.04. The van der Waals surface area contributed by atoms with Gasteiger partial charge in [0.15, 0.2) is 0 Å². The van der Waals surface area contributed by atoms with E-state index < -0.39 is 18.6 Å². The van der Waals surface area contributed by atoms with Crippen LogP contribution in [-0.4, -0.2) is 53.5 Å². The number of hydrogen-bond donors (Lipinski definition) is 0. The molecule has 19 heavy (non-hydrogen) atoms. The number of alkyl halides is 3. The lowest BCUT2D eigenvalue weighted by Crippen LogP contribution is -2.44. The molecular weight excluding hydrogens is 261 g/mol. The first-order valence-electron chi connectivity index (χ1n) is 6.53. The summed E-state index contributed by atoms with van der Waals surface area (Å²) in [5, 5.41) is 0. The molecule has 0 saturated carbocycles. The molecule has 0 N–H and O–H groups in total. The fourth-order valence-corrected chi connectivity index (χ4v) is 2.71. The maximum absolute atomic E-state index is 12.2. The second kappa shape index (κ2) is 5.38. The molecule has 0 aromatic rings. The Bertz CT molecular complexity index is 370. The normalized spacial score (nSPS) is 24.7. The zero-order valence-electron chi connectivity index (χ0n) is 10.6. The Balaban J connectivity index is 1.94. The molecule has 2 saturated heterocycles. The molecule has 0 aromatic carbocycles. The molecule has 0 radical (unpaired) electrons. The average Bonchev–Trinajstić information content (AvgIpc) is 2.76. The number of carbonyl (C=O) groups is 2. The molecule has 0 aromatic heterocycles. The Hall–Kier alpha value is -1.27. The SMILES string of the molecule is O=C1C2CCCN2C(=O)CCN1CCCC(F)(F)F. The number of rotatable bonds is 3. The van der Waals surface area contributed by atoms with Crippen LogP contribution in [0.2, 0.25) is 0 Å². The molecule has 2 amide bonds. The van der Waals surface area contributed by atoms with Crippen molar-refractivity contribution in [1.82, 2.24) is 9.80 Å². The lowest BCUT2D eigenvalue weighted by molar-refractivity contribution is -0.142. The Kier molecular flexibility index (Phi) is 4.01. The summed E-state index contributed by atoms with van der Waals surface area (Å²) in [6.45, 7) is 0.907. The van der Waals surface area contributed by atoms with Gasteiger partial charge in [0.1, 0.15) is 6.04 Å². The van der Waals surface area contributed by atoms with Crippen molar-refractivity contribution in [1.29, 1.82) is 0 Å². The summed E-state index contributed by atoms with van der Waals surface area (Å²) in [6, 6.07) is -0.444. The van der Waals surface area contributed by atoms with Gasteiger partial charge in [0.25, 0.3) is 0 Å². The van der Waals surface area contributed by atoms with Crippen molar-refractivity contribution in [3.05, 3.63) is 0 Å². The van der Waals surface area contributed by atoms with E-state index in [1.807, 2.05) is 0 Å². The van der Waals surface area contributed by atoms with Crippen molar-refractivity contribution >= 4 is 11.8 Å². The minimum absolute atomic E-state index is 0.0610. The van der Waals surface area contributed by atoms with Gasteiger partial charge >= 0.3 is 6.18 Å². The molecule has 2 fully saturated rings. The number of fused-ring (bicyclic) bond motifs is 1. The van der Waals surface area contributed by atoms with Crippen LogP contribution < -0.4 is 0 Å². The molecule has 2 heterocycles. The number of nitrogens with zero attached hydrogens (tertiary/aromatic N) is 2. The van der Waals surface area contributed by atoms with Gasteiger partial charge in [-0.1, -0.05) is 0 Å². The zero-order valence-corrected chi connectivity index (χ0v) is 10.6. The van der Waals surface area contributed by atoms with E-state index >= 15 is 0 Å². The monoisotopic (exact) mass is 278 g/mol. The van der Waals surface area contributed by atoms with Crippen LogP contribution in [-0.2, 0) is 9.59 Å². The van der Waals surface area contributed by atoms with E-state index in [0.29, 0.717) is 13.0 Å². The van der Waals surface area contributed by atoms with Gasteiger partial charge in [-0.05, 0) is 19.3 Å². The third-order valence-corrected chi connectivity index (χ3v) is 3.65. The Morgan fingerprint density at radius 2 is 1.95 bits per heavy atom. The third-order valence-electron chi connectivity index (χ3n) is 3.65. The van der Waals surface area contributed by atoms with Crippen LogP contribution >= 0.6 is 0 Å². The van der Waals surface area contributed by atoms with E-state index in [1.54, 1.807) is 4.90 Å². The summed E-state index contributed by atoms with van der Waals surface area (Å²) in [6.07, 6.45) is -3.55. The predicted octanol–water partition coefficient (Wildman–Crippen LogP) is 1.55. The van der Waals surface area contributed by atoms with Crippen LogP contribution in [0.25, 0.3) is 0 Å². The lowest BCUT2D eigenvalue weighted by atomic mass is 10.2. The maximum atomic E-state index is 12.2. The third kappa shape index (κ3) is 3.39. The van der Waals surface area contributed by atoms with Crippen LogP contribution in [0.4, 0.5) is 13.2 Å². The highest BCUT2D eigenvalue weighted by atomic mass is 19.4. The van der Waals surface area contributed by atoms with Crippen molar-refractivity contribution in [2.24, 2.45) is 0 Å². The van der Waals surface area contributed by atoms with E-state index in [0.717, 1.165) is 6.42 Å². The Morgan fingerprint density at radius 3 is 2.63 bits per heavy atom. The molecule has 0 spiro atoms. The van der Waals surface area contributed by atoms with Gasteiger partial charge in [0, 0.05) is 32.5 Å². The maximum Gasteiger partial charge on any atom is 0.389 e. The second-order valence-electron chi connectivity index (χ2n) is 5.04. The minimum atomic E-state index is -4.19. The van der Waals surface area contributed by atoms with Gasteiger partial charge in [0.05, 0.1) is 0 Å². The molecule has 7 heteroatoms. The van der Waals surface area contributed by atoms with Gasteiger partial charge in [-0.15, -0.1) is 0 Å². The highest BCUT2D eigenvalue weighted by Gasteiger charge is 2.39. The summed E-state index contributed by atoms with van der Waals surface area (Å²) >= 11 is 0. The molecule has 108 valence electrons. The summed E-state index contributed by atoms with van der Waals surface area (Å²) in [5.74, 6) is -0.250. The fourth-order valence-electron chi connectivity index (χ4n) is 2.71. The van der Waals surface area contributed by atoms with E-state index in [4.69, 9.17) is 0 Å². The summed E-state index contributed by atoms with van der Waals surface area (Å²) in [5.41, 5.74) is 0. The van der Waals surface area contributed by atoms with Gasteiger partial charge in [0.2, 0.25) is 11.8 Å². The first-order valence-corrected chi connectivity index (χ1v) is 6.53. The molecule has 1 unspecified atom stereocenters. The van der Waals surface area contributed by atoms with Crippen molar-refractivity contribution in [2.75, 3.05) is 19.6 Å². The van der Waals surface area contributed by atoms with Gasteiger partial charge in [-0.2, -0.15) is 13.2 Å². The molecule has 0 aliphatic carbocycles. The molecule has 2 rings (SSSR count). The number of amides is 2. The van der Waals surface area contributed by atoms with E-state index in [1.165, 1.54) is 4.90 Å². The predicted molar refractivity (Wildman–Crippen MR) is 61.2 cm³/mol. The highest BCUT2D eigenvalue weighted by molar-refractivity contribution is 5.90. The van der Waals surface area contributed by atoms with Crippen LogP contribution in [0.15, 0.2) is 0 Å². The largest absolute Gasteiger partial charge is 0.389 e. The van der Waals surface area contributed by atoms with Crippen molar-refractivity contribution in [3.8, 4) is 0 Å². The molecule has 2 aliphatic rings. The van der Waals surface area contributed by atoms with Gasteiger partial charge < -0.3 is 9.80 Å². The molecule has 1 atom stereocenters. The van der Waals surface area contributed by atoms with Crippen LogP contribution in [0.1, 0.15) is 32.1 Å². The van der Waals surface area contributed by atoms with Crippen LogP contribution in [0, 0.1) is 0 Å². The van der Waals surface area contributed by atoms with E-state index in [-0.39, 0.29) is 37.7 Å². The lowest BCUT2D eigenvalue weighted by Gasteiger charge is -2.25. The number of carbonyl (C=O) groups excluding carboxylic acids is 2. The van der Waals surface area contributed by atoms with Crippen molar-refractivity contribution < 1.29 is 22.8 Å². The molecular formula is C12H17F3N2O2. The quantitative estimate of drug-likeness (QED) is 0.786. The summed E-state index contributed by atoms with van der Waals surface area (Å²) < 4.78 is 36.3. The van der Waals surface area contributed by atoms with E-state index in [9.17, 15) is 22.8 Å². The number of hydrogen-bond acceptors (Lipinski definition) is 2. The van der Waals surface area contributed by atoms with Crippen molar-refractivity contribution in [3.63, 3.8) is 0 Å². The topological polar surface area (TPSA) is 40.6 Å². The Morgan fingerprint density at radius 1 is 1.21 bits per heavy atom. The zero-order chi connectivity index (χ0) is 14.0. The Labute approximate surface area is 109 Å². The molecule has 2 aliphatic heterocycles. The highest BCUT2D eigenvalue weighted by Crippen LogP contribution is 2.25. The smallest absolute Gasteiger partial charge is 0.340 e. The first kappa shape index (κ1) is 14.1. The minimum Gasteiger partial charge on any atom is -0.340 e. The van der Waals surface area contributed by atoms with Gasteiger partial charge in [-0.25, -0.2) is 0 Å². The average molecular weight is 278 g/mol. The molecule has 4 nitrogen and oxygen atoms in total. The fraction of sp³-hybridized carbons (Fsp3) is 0.833. The first-order chi connectivity index (χ1) is 8.88. The van der Waals surface area contributed by atoms with E-state index in [2.05, 4.69) is 0 Å². The van der Waals surface area contributed by atoms with Crippen molar-refractivity contribution in [2.45, 2.75) is 44.3 Å². The summed E-state index contributed by atoms with van der Waals surface area (Å²) in [4.78, 5) is 27.0. The molecule has 0 bridgehead atoms. The van der Waals surface area contributed by atoms with Crippen LogP contribution in [0.3, 0.4) is 0 Å². The standard InChI is InChI=1S/C12H17F3N2O2/c13-12(14,15)5-2-6-16-8-4-10(18)17-7-1-3-9(17)11(16)19/h9H,1-8H2. The van der Waals surface area contributed by atoms with Crippen LogP contribution in [0.5, 0.6) is 0 Å².